The van der Waals surface area contributed by atoms with Crippen molar-refractivity contribution >= 4 is 10.9 Å². The topological polar surface area (TPSA) is 59.6 Å². The van der Waals surface area contributed by atoms with Crippen LogP contribution in [0, 0.1) is 0 Å². The third-order valence-electron chi connectivity index (χ3n) is 4.10. The van der Waals surface area contributed by atoms with Crippen molar-refractivity contribution in [1.82, 2.24) is 19.5 Å². The van der Waals surface area contributed by atoms with Crippen LogP contribution in [0.3, 0.4) is 0 Å². The SMILES string of the molecule is Cn1ccc2cccc(C(Cc3cocn3)c3cnc[nH]3)c21. The molecule has 0 aliphatic heterocycles. The zero-order valence-corrected chi connectivity index (χ0v) is 12.2. The van der Waals surface area contributed by atoms with Crippen molar-refractivity contribution < 1.29 is 4.42 Å². The van der Waals surface area contributed by atoms with Gasteiger partial charge in [0, 0.05) is 37.5 Å². The molecule has 0 saturated heterocycles. The summed E-state index contributed by atoms with van der Waals surface area (Å²) < 4.78 is 7.29. The molecule has 1 unspecified atom stereocenters. The molecule has 0 fully saturated rings. The van der Waals surface area contributed by atoms with E-state index in [2.05, 4.69) is 57.0 Å². The van der Waals surface area contributed by atoms with Crippen LogP contribution in [0.1, 0.15) is 22.9 Å². The summed E-state index contributed by atoms with van der Waals surface area (Å²) in [7, 11) is 2.08. The number of fused-ring (bicyclic) bond motifs is 1. The smallest absolute Gasteiger partial charge is 0.180 e. The number of aryl methyl sites for hydroxylation is 1. The van der Waals surface area contributed by atoms with Crippen LogP contribution in [0.5, 0.6) is 0 Å². The largest absolute Gasteiger partial charge is 0.451 e. The summed E-state index contributed by atoms with van der Waals surface area (Å²) in [6, 6.07) is 8.55. The number of imidazole rings is 1. The van der Waals surface area contributed by atoms with Crippen molar-refractivity contribution in [3.63, 3.8) is 0 Å². The highest BCUT2D eigenvalue weighted by atomic mass is 16.3. The van der Waals surface area contributed by atoms with Crippen molar-refractivity contribution in [1.29, 1.82) is 0 Å². The van der Waals surface area contributed by atoms with Gasteiger partial charge in [0.25, 0.3) is 0 Å². The third-order valence-corrected chi connectivity index (χ3v) is 4.10. The Morgan fingerprint density at radius 1 is 1.32 bits per heavy atom. The van der Waals surface area contributed by atoms with E-state index in [0.29, 0.717) is 0 Å². The first-order valence-electron chi connectivity index (χ1n) is 7.22. The van der Waals surface area contributed by atoms with Crippen LogP contribution in [-0.2, 0) is 13.5 Å². The zero-order valence-electron chi connectivity index (χ0n) is 12.2. The lowest BCUT2D eigenvalue weighted by Crippen LogP contribution is -2.08. The second-order valence-corrected chi connectivity index (χ2v) is 5.46. The van der Waals surface area contributed by atoms with Crippen LogP contribution in [-0.4, -0.2) is 19.5 Å². The van der Waals surface area contributed by atoms with Gasteiger partial charge in [0.2, 0.25) is 0 Å². The number of oxazole rings is 1. The summed E-state index contributed by atoms with van der Waals surface area (Å²) in [5.41, 5.74) is 4.52. The summed E-state index contributed by atoms with van der Waals surface area (Å²) in [5.74, 6) is 0.157. The van der Waals surface area contributed by atoms with E-state index in [1.807, 2.05) is 6.20 Å². The van der Waals surface area contributed by atoms with Gasteiger partial charge in [0.15, 0.2) is 6.39 Å². The quantitative estimate of drug-likeness (QED) is 0.628. The fourth-order valence-electron chi connectivity index (χ4n) is 3.06. The van der Waals surface area contributed by atoms with E-state index in [9.17, 15) is 0 Å². The standard InChI is InChI=1S/C17H16N4O/c1-21-6-5-12-3-2-4-14(17(12)21)15(16-8-18-10-19-16)7-13-9-22-11-20-13/h2-6,8-11,15H,7H2,1H3,(H,18,19). The predicted octanol–water partition coefficient (Wildman–Crippen LogP) is 3.26. The van der Waals surface area contributed by atoms with Gasteiger partial charge in [0.05, 0.1) is 17.5 Å². The molecule has 5 heteroatoms. The van der Waals surface area contributed by atoms with E-state index in [4.69, 9.17) is 4.42 Å². The van der Waals surface area contributed by atoms with Gasteiger partial charge in [-0.3, -0.25) is 0 Å². The van der Waals surface area contributed by atoms with Crippen molar-refractivity contribution in [2.45, 2.75) is 12.3 Å². The number of nitrogens with one attached hydrogen (secondary N) is 1. The first-order valence-corrected chi connectivity index (χ1v) is 7.22. The van der Waals surface area contributed by atoms with Gasteiger partial charge >= 0.3 is 0 Å². The number of para-hydroxylation sites is 1. The molecular weight excluding hydrogens is 276 g/mol. The number of aromatic nitrogens is 4. The molecular formula is C17H16N4O. The first kappa shape index (κ1) is 12.9. The Balaban J connectivity index is 1.87. The summed E-state index contributed by atoms with van der Waals surface area (Å²) >= 11 is 0. The van der Waals surface area contributed by atoms with Crippen LogP contribution < -0.4 is 0 Å². The fourth-order valence-corrected chi connectivity index (χ4v) is 3.06. The molecule has 0 spiro atoms. The van der Waals surface area contributed by atoms with Gasteiger partial charge in [0.1, 0.15) is 6.26 Å². The number of hydrogen-bond donors (Lipinski definition) is 1. The predicted molar refractivity (Wildman–Crippen MR) is 83.6 cm³/mol. The molecule has 1 aromatic carbocycles. The molecule has 110 valence electrons. The number of H-pyrrole nitrogens is 1. The maximum atomic E-state index is 5.12. The molecule has 1 atom stereocenters. The van der Waals surface area contributed by atoms with Crippen molar-refractivity contribution in [2.75, 3.05) is 0 Å². The van der Waals surface area contributed by atoms with E-state index >= 15 is 0 Å². The minimum atomic E-state index is 0.157. The maximum absolute atomic E-state index is 5.12. The Morgan fingerprint density at radius 3 is 3.05 bits per heavy atom. The third kappa shape index (κ3) is 2.11. The highest BCUT2D eigenvalue weighted by molar-refractivity contribution is 5.84. The summed E-state index contributed by atoms with van der Waals surface area (Å²) in [6.45, 7) is 0. The van der Waals surface area contributed by atoms with Gasteiger partial charge in [-0.15, -0.1) is 0 Å². The molecule has 4 rings (SSSR count). The molecule has 0 aliphatic carbocycles. The molecule has 0 amide bonds. The van der Waals surface area contributed by atoms with E-state index in [-0.39, 0.29) is 5.92 Å². The molecule has 5 nitrogen and oxygen atoms in total. The van der Waals surface area contributed by atoms with Crippen LogP contribution >= 0.6 is 0 Å². The Hall–Kier alpha value is -2.82. The minimum Gasteiger partial charge on any atom is -0.451 e. The monoisotopic (exact) mass is 292 g/mol. The Kier molecular flexibility index (Phi) is 3.04. The van der Waals surface area contributed by atoms with Crippen LogP contribution in [0.4, 0.5) is 0 Å². The molecule has 1 N–H and O–H groups in total. The molecule has 0 bridgehead atoms. The van der Waals surface area contributed by atoms with E-state index in [1.165, 1.54) is 22.9 Å². The van der Waals surface area contributed by atoms with Gasteiger partial charge in [-0.25, -0.2) is 9.97 Å². The van der Waals surface area contributed by atoms with Crippen molar-refractivity contribution in [3.05, 3.63) is 72.6 Å². The van der Waals surface area contributed by atoms with Gasteiger partial charge in [-0.05, 0) is 17.0 Å². The molecule has 4 aromatic rings. The molecule has 3 heterocycles. The summed E-state index contributed by atoms with van der Waals surface area (Å²) in [6.07, 6.45) is 9.64. The van der Waals surface area contributed by atoms with E-state index in [0.717, 1.165) is 17.8 Å². The van der Waals surface area contributed by atoms with Crippen LogP contribution in [0.25, 0.3) is 10.9 Å². The Bertz CT molecular complexity index is 875. The Morgan fingerprint density at radius 2 is 2.27 bits per heavy atom. The number of rotatable bonds is 4. The molecule has 22 heavy (non-hydrogen) atoms. The molecule has 0 aliphatic rings. The molecule has 3 aromatic heterocycles. The lowest BCUT2D eigenvalue weighted by Gasteiger charge is -2.17. The van der Waals surface area contributed by atoms with E-state index in [1.54, 1.807) is 12.6 Å². The first-order chi connectivity index (χ1) is 10.8. The second kappa shape index (κ2) is 5.18. The minimum absolute atomic E-state index is 0.157. The van der Waals surface area contributed by atoms with Crippen LogP contribution in [0.2, 0.25) is 0 Å². The zero-order chi connectivity index (χ0) is 14.9. The van der Waals surface area contributed by atoms with Crippen LogP contribution in [0.15, 0.2) is 60.1 Å². The van der Waals surface area contributed by atoms with Crippen molar-refractivity contribution in [2.24, 2.45) is 7.05 Å². The fraction of sp³-hybridized carbons (Fsp3) is 0.176. The highest BCUT2D eigenvalue weighted by Gasteiger charge is 2.21. The van der Waals surface area contributed by atoms with Gasteiger partial charge in [-0.1, -0.05) is 18.2 Å². The van der Waals surface area contributed by atoms with Crippen molar-refractivity contribution in [3.8, 4) is 0 Å². The summed E-state index contributed by atoms with van der Waals surface area (Å²) in [5, 5.41) is 1.24. The number of aromatic amines is 1. The average molecular weight is 292 g/mol. The molecule has 0 radical (unpaired) electrons. The maximum Gasteiger partial charge on any atom is 0.180 e. The summed E-state index contributed by atoms with van der Waals surface area (Å²) in [4.78, 5) is 11.7. The number of benzene rings is 1. The van der Waals surface area contributed by atoms with E-state index < -0.39 is 0 Å². The second-order valence-electron chi connectivity index (χ2n) is 5.46. The number of nitrogens with zero attached hydrogens (tertiary/aromatic N) is 3. The molecule has 0 saturated carbocycles. The van der Waals surface area contributed by atoms with Gasteiger partial charge < -0.3 is 14.0 Å². The highest BCUT2D eigenvalue weighted by Crippen LogP contribution is 2.32. The lowest BCUT2D eigenvalue weighted by atomic mass is 9.90. The van der Waals surface area contributed by atoms with Gasteiger partial charge in [-0.2, -0.15) is 0 Å². The average Bonchev–Trinajstić information content (AvgIpc) is 3.27. The Labute approximate surface area is 127 Å². The normalized spacial score (nSPS) is 12.8. The number of hydrogen-bond acceptors (Lipinski definition) is 3. The lowest BCUT2D eigenvalue weighted by molar-refractivity contribution is 0.555.